The average Bonchev–Trinajstić information content (AvgIpc) is 2.36. The van der Waals surface area contributed by atoms with Crippen LogP contribution in [-0.2, 0) is 6.54 Å². The van der Waals surface area contributed by atoms with Gasteiger partial charge in [0.1, 0.15) is 5.82 Å². The lowest BCUT2D eigenvalue weighted by molar-refractivity contribution is 0.220. The molecule has 0 saturated heterocycles. The van der Waals surface area contributed by atoms with E-state index in [2.05, 4.69) is 10.6 Å². The van der Waals surface area contributed by atoms with Crippen molar-refractivity contribution in [3.05, 3.63) is 35.1 Å². The van der Waals surface area contributed by atoms with E-state index >= 15 is 0 Å². The first-order chi connectivity index (χ1) is 8.56. The molecule has 1 atom stereocenters. The molecule has 3 N–H and O–H groups in total. The van der Waals surface area contributed by atoms with Gasteiger partial charge in [-0.05, 0) is 19.1 Å². The number of nitriles is 1. The van der Waals surface area contributed by atoms with E-state index in [0.29, 0.717) is 5.56 Å². The standard InChI is InChI=1S/C12H14FN3O2/c1-8(7-17)16-12(18)15-6-10-3-2-9(5-14)4-11(10)13/h2-4,8,17H,6-7H2,1H3,(H2,15,16,18). The summed E-state index contributed by atoms with van der Waals surface area (Å²) < 4.78 is 13.5. The van der Waals surface area contributed by atoms with Crippen LogP contribution in [0.3, 0.4) is 0 Å². The Morgan fingerprint density at radius 3 is 2.89 bits per heavy atom. The Balaban J connectivity index is 2.54. The van der Waals surface area contributed by atoms with Crippen LogP contribution in [0.25, 0.3) is 0 Å². The van der Waals surface area contributed by atoms with E-state index in [1.165, 1.54) is 12.1 Å². The predicted octanol–water partition coefficient (Wildman–Crippen LogP) is 0.877. The van der Waals surface area contributed by atoms with Crippen molar-refractivity contribution in [2.24, 2.45) is 0 Å². The van der Waals surface area contributed by atoms with Crippen LogP contribution in [0.2, 0.25) is 0 Å². The number of benzene rings is 1. The molecule has 0 heterocycles. The van der Waals surface area contributed by atoms with Crippen molar-refractivity contribution < 1.29 is 14.3 Å². The molecule has 0 spiro atoms. The molecule has 0 bridgehead atoms. The van der Waals surface area contributed by atoms with Crippen LogP contribution < -0.4 is 10.6 Å². The number of nitrogens with zero attached hydrogens (tertiary/aromatic N) is 1. The lowest BCUT2D eigenvalue weighted by atomic mass is 10.1. The van der Waals surface area contributed by atoms with E-state index in [4.69, 9.17) is 10.4 Å². The van der Waals surface area contributed by atoms with Crippen LogP contribution in [-0.4, -0.2) is 23.8 Å². The summed E-state index contributed by atoms with van der Waals surface area (Å²) in [5, 5.41) is 22.2. The van der Waals surface area contributed by atoms with Crippen molar-refractivity contribution in [3.8, 4) is 6.07 Å². The summed E-state index contributed by atoms with van der Waals surface area (Å²) in [6, 6.07) is 5.02. The highest BCUT2D eigenvalue weighted by molar-refractivity contribution is 5.74. The van der Waals surface area contributed by atoms with Crippen molar-refractivity contribution >= 4 is 6.03 Å². The van der Waals surface area contributed by atoms with Gasteiger partial charge in [0, 0.05) is 12.1 Å². The minimum atomic E-state index is -0.537. The molecule has 0 saturated carbocycles. The molecular weight excluding hydrogens is 237 g/mol. The predicted molar refractivity (Wildman–Crippen MR) is 63.0 cm³/mol. The number of carbonyl (C=O) groups is 1. The van der Waals surface area contributed by atoms with Crippen molar-refractivity contribution in [3.63, 3.8) is 0 Å². The lowest BCUT2D eigenvalue weighted by Crippen LogP contribution is -2.42. The van der Waals surface area contributed by atoms with Gasteiger partial charge in [0.15, 0.2) is 0 Å². The number of hydrogen-bond donors (Lipinski definition) is 3. The summed E-state index contributed by atoms with van der Waals surface area (Å²) in [5.74, 6) is -0.537. The topological polar surface area (TPSA) is 85.2 Å². The Kier molecular flexibility index (Phi) is 5.08. The van der Waals surface area contributed by atoms with E-state index in [1.807, 2.05) is 6.07 Å². The summed E-state index contributed by atoms with van der Waals surface area (Å²) in [6.07, 6.45) is 0. The molecule has 2 amide bonds. The summed E-state index contributed by atoms with van der Waals surface area (Å²) in [6.45, 7) is 1.49. The summed E-state index contributed by atoms with van der Waals surface area (Å²) in [5.41, 5.74) is 0.524. The zero-order valence-electron chi connectivity index (χ0n) is 9.90. The molecule has 5 nitrogen and oxygen atoms in total. The highest BCUT2D eigenvalue weighted by Crippen LogP contribution is 2.09. The number of aliphatic hydroxyl groups is 1. The van der Waals surface area contributed by atoms with E-state index in [1.54, 1.807) is 6.92 Å². The number of hydrogen-bond acceptors (Lipinski definition) is 3. The smallest absolute Gasteiger partial charge is 0.315 e. The molecule has 1 aromatic rings. The molecule has 0 aliphatic rings. The Morgan fingerprint density at radius 2 is 2.33 bits per heavy atom. The first-order valence-electron chi connectivity index (χ1n) is 5.40. The summed E-state index contributed by atoms with van der Waals surface area (Å²) >= 11 is 0. The second-order valence-corrected chi connectivity index (χ2v) is 3.83. The SMILES string of the molecule is CC(CO)NC(=O)NCc1ccc(C#N)cc1F. The minimum absolute atomic E-state index is 0.0154. The normalized spacial score (nSPS) is 11.4. The van der Waals surface area contributed by atoms with Crippen LogP contribution in [0.1, 0.15) is 18.1 Å². The van der Waals surface area contributed by atoms with Crippen molar-refractivity contribution in [1.29, 1.82) is 5.26 Å². The van der Waals surface area contributed by atoms with E-state index in [0.717, 1.165) is 6.07 Å². The fourth-order valence-corrected chi connectivity index (χ4v) is 1.26. The first-order valence-corrected chi connectivity index (χ1v) is 5.40. The van der Waals surface area contributed by atoms with Gasteiger partial charge in [0.2, 0.25) is 0 Å². The number of amides is 2. The van der Waals surface area contributed by atoms with Gasteiger partial charge in [-0.1, -0.05) is 6.07 Å². The molecule has 1 aromatic carbocycles. The molecule has 18 heavy (non-hydrogen) atoms. The summed E-state index contributed by atoms with van der Waals surface area (Å²) in [7, 11) is 0. The Labute approximate surface area is 104 Å². The highest BCUT2D eigenvalue weighted by atomic mass is 19.1. The maximum absolute atomic E-state index is 13.5. The van der Waals surface area contributed by atoms with Crippen LogP contribution >= 0.6 is 0 Å². The Morgan fingerprint density at radius 1 is 1.61 bits per heavy atom. The largest absolute Gasteiger partial charge is 0.394 e. The molecule has 96 valence electrons. The third-order valence-electron chi connectivity index (χ3n) is 2.27. The van der Waals surface area contributed by atoms with E-state index < -0.39 is 11.8 Å². The van der Waals surface area contributed by atoms with Gasteiger partial charge in [0.25, 0.3) is 0 Å². The van der Waals surface area contributed by atoms with Gasteiger partial charge in [-0.3, -0.25) is 0 Å². The maximum atomic E-state index is 13.5. The Bertz CT molecular complexity index is 471. The van der Waals surface area contributed by atoms with Crippen LogP contribution in [0.15, 0.2) is 18.2 Å². The van der Waals surface area contributed by atoms with Gasteiger partial charge in [-0.2, -0.15) is 5.26 Å². The van der Waals surface area contributed by atoms with Crippen molar-refractivity contribution in [2.45, 2.75) is 19.5 Å². The molecule has 0 aliphatic heterocycles. The van der Waals surface area contributed by atoms with Gasteiger partial charge in [0.05, 0.1) is 24.3 Å². The van der Waals surface area contributed by atoms with Crippen LogP contribution in [0.5, 0.6) is 0 Å². The van der Waals surface area contributed by atoms with Gasteiger partial charge in [-0.15, -0.1) is 0 Å². The average molecular weight is 251 g/mol. The molecular formula is C12H14FN3O2. The van der Waals surface area contributed by atoms with Crippen LogP contribution in [0.4, 0.5) is 9.18 Å². The Hall–Kier alpha value is -2.13. The second-order valence-electron chi connectivity index (χ2n) is 3.83. The second kappa shape index (κ2) is 6.57. The van der Waals surface area contributed by atoms with Gasteiger partial charge < -0.3 is 15.7 Å². The van der Waals surface area contributed by atoms with Crippen molar-refractivity contribution in [2.75, 3.05) is 6.61 Å². The highest BCUT2D eigenvalue weighted by Gasteiger charge is 2.07. The van der Waals surface area contributed by atoms with Gasteiger partial charge >= 0.3 is 6.03 Å². The van der Waals surface area contributed by atoms with Gasteiger partial charge in [-0.25, -0.2) is 9.18 Å². The molecule has 6 heteroatoms. The fraction of sp³-hybridized carbons (Fsp3) is 0.333. The number of carbonyl (C=O) groups excluding carboxylic acids is 1. The van der Waals surface area contributed by atoms with E-state index in [9.17, 15) is 9.18 Å². The third-order valence-corrected chi connectivity index (χ3v) is 2.27. The molecule has 1 unspecified atom stereocenters. The molecule has 0 aromatic heterocycles. The number of nitrogens with one attached hydrogen (secondary N) is 2. The third kappa shape index (κ3) is 4.03. The first kappa shape index (κ1) is 13.9. The molecule has 1 rings (SSSR count). The molecule has 0 radical (unpaired) electrons. The maximum Gasteiger partial charge on any atom is 0.315 e. The van der Waals surface area contributed by atoms with Crippen molar-refractivity contribution in [1.82, 2.24) is 10.6 Å². The van der Waals surface area contributed by atoms with Crippen LogP contribution in [0, 0.1) is 17.1 Å². The lowest BCUT2D eigenvalue weighted by Gasteiger charge is -2.12. The molecule has 0 aliphatic carbocycles. The number of halogens is 1. The summed E-state index contributed by atoms with van der Waals surface area (Å²) in [4.78, 5) is 11.3. The molecule has 0 fully saturated rings. The quantitative estimate of drug-likeness (QED) is 0.742. The number of urea groups is 1. The zero-order valence-corrected chi connectivity index (χ0v) is 9.90. The number of aliphatic hydroxyl groups excluding tert-OH is 1. The fourth-order valence-electron chi connectivity index (χ4n) is 1.26. The van der Waals surface area contributed by atoms with E-state index in [-0.39, 0.29) is 24.8 Å². The number of rotatable bonds is 4. The zero-order chi connectivity index (χ0) is 13.5. The minimum Gasteiger partial charge on any atom is -0.394 e. The monoisotopic (exact) mass is 251 g/mol.